The Morgan fingerprint density at radius 3 is 2.57 bits per heavy atom. The van der Waals surface area contributed by atoms with E-state index in [2.05, 4.69) is 26.8 Å². The molecule has 0 aliphatic heterocycles. The van der Waals surface area contributed by atoms with E-state index in [1.165, 1.54) is 30.4 Å². The molecule has 0 aromatic heterocycles. The Kier molecular flexibility index (Phi) is 3.54. The van der Waals surface area contributed by atoms with Crippen molar-refractivity contribution in [1.82, 2.24) is 0 Å². The third kappa shape index (κ3) is 2.71. The van der Waals surface area contributed by atoms with E-state index >= 15 is 0 Å². The van der Waals surface area contributed by atoms with Gasteiger partial charge in [-0.05, 0) is 44.1 Å². The summed E-state index contributed by atoms with van der Waals surface area (Å²) in [6.07, 6.45) is 7.41. The zero-order valence-electron chi connectivity index (χ0n) is 9.80. The van der Waals surface area contributed by atoms with Crippen LogP contribution in [0.25, 0.3) is 0 Å². The monoisotopic (exact) mass is 194 g/mol. The van der Waals surface area contributed by atoms with Crippen LogP contribution in [0.2, 0.25) is 0 Å². The molecule has 14 heavy (non-hydrogen) atoms. The van der Waals surface area contributed by atoms with Crippen molar-refractivity contribution in [2.75, 3.05) is 0 Å². The summed E-state index contributed by atoms with van der Waals surface area (Å²) < 4.78 is 0. The first-order valence-corrected chi connectivity index (χ1v) is 5.50. The summed E-state index contributed by atoms with van der Waals surface area (Å²) in [5.74, 6) is 0. The maximum Gasteiger partial charge on any atom is 0.0695 e. The highest BCUT2D eigenvalue weighted by Gasteiger charge is 2.26. The average Bonchev–Trinajstić information content (AvgIpc) is 2.01. The van der Waals surface area contributed by atoms with Crippen LogP contribution in [-0.4, -0.2) is 11.2 Å². The van der Waals surface area contributed by atoms with Crippen molar-refractivity contribution < 1.29 is 5.11 Å². The van der Waals surface area contributed by atoms with Gasteiger partial charge in [-0.25, -0.2) is 0 Å². The standard InChI is InChI=1S/C13H22O/c1-10-6-5-9-13(3,4)12(10)8-7-11(2)14/h7-8,11,14H,5-6,9H2,1-4H3/b8-7-. The first-order valence-electron chi connectivity index (χ1n) is 5.50. The highest BCUT2D eigenvalue weighted by molar-refractivity contribution is 5.32. The van der Waals surface area contributed by atoms with Crippen LogP contribution in [0.15, 0.2) is 23.3 Å². The second-order valence-electron chi connectivity index (χ2n) is 5.03. The molecule has 80 valence electrons. The van der Waals surface area contributed by atoms with E-state index < -0.39 is 0 Å². The molecule has 1 aliphatic carbocycles. The highest BCUT2D eigenvalue weighted by atomic mass is 16.3. The zero-order chi connectivity index (χ0) is 10.8. The fourth-order valence-corrected chi connectivity index (χ4v) is 2.25. The largest absolute Gasteiger partial charge is 0.389 e. The lowest BCUT2D eigenvalue weighted by Crippen LogP contribution is -2.19. The molecule has 0 aromatic carbocycles. The molecule has 0 fully saturated rings. The Morgan fingerprint density at radius 2 is 2.07 bits per heavy atom. The molecule has 0 amide bonds. The molecule has 0 spiro atoms. The molecule has 1 heteroatoms. The second-order valence-corrected chi connectivity index (χ2v) is 5.03. The van der Waals surface area contributed by atoms with Crippen molar-refractivity contribution in [2.45, 2.75) is 53.1 Å². The Balaban J connectivity index is 2.91. The molecule has 1 rings (SSSR count). The fraction of sp³-hybridized carbons (Fsp3) is 0.692. The molecule has 1 atom stereocenters. The number of rotatable bonds is 2. The SMILES string of the molecule is CC1=C(/C=C\C(C)O)C(C)(C)CCC1. The minimum Gasteiger partial charge on any atom is -0.389 e. The minimum atomic E-state index is -0.340. The first-order chi connectivity index (χ1) is 6.43. The predicted molar refractivity (Wildman–Crippen MR) is 61.2 cm³/mol. The Morgan fingerprint density at radius 1 is 1.43 bits per heavy atom. The molecule has 0 radical (unpaired) electrons. The van der Waals surface area contributed by atoms with E-state index in [0.717, 1.165) is 0 Å². The van der Waals surface area contributed by atoms with Crippen molar-refractivity contribution in [1.29, 1.82) is 0 Å². The van der Waals surface area contributed by atoms with Crippen LogP contribution in [0.3, 0.4) is 0 Å². The fourth-order valence-electron chi connectivity index (χ4n) is 2.25. The molecular formula is C13H22O. The summed E-state index contributed by atoms with van der Waals surface area (Å²) in [7, 11) is 0. The maximum absolute atomic E-state index is 9.23. The van der Waals surface area contributed by atoms with Crippen LogP contribution in [0.1, 0.15) is 47.0 Å². The van der Waals surface area contributed by atoms with Crippen LogP contribution >= 0.6 is 0 Å². The number of allylic oxidation sites excluding steroid dienone is 3. The third-order valence-electron chi connectivity index (χ3n) is 3.08. The van der Waals surface area contributed by atoms with Gasteiger partial charge in [0.25, 0.3) is 0 Å². The summed E-state index contributed by atoms with van der Waals surface area (Å²) in [5.41, 5.74) is 3.19. The van der Waals surface area contributed by atoms with E-state index in [-0.39, 0.29) is 11.5 Å². The quantitative estimate of drug-likeness (QED) is 0.714. The molecule has 0 heterocycles. The predicted octanol–water partition coefficient (Wildman–Crippen LogP) is 3.45. The van der Waals surface area contributed by atoms with Crippen molar-refractivity contribution in [3.05, 3.63) is 23.3 Å². The third-order valence-corrected chi connectivity index (χ3v) is 3.08. The summed E-state index contributed by atoms with van der Waals surface area (Å²) in [6.45, 7) is 8.58. The molecule has 1 aliphatic rings. The molecule has 0 bridgehead atoms. The van der Waals surface area contributed by atoms with Gasteiger partial charge in [0.15, 0.2) is 0 Å². The summed E-state index contributed by atoms with van der Waals surface area (Å²) >= 11 is 0. The lowest BCUT2D eigenvalue weighted by Gasteiger charge is -2.33. The Labute approximate surface area is 87.5 Å². The van der Waals surface area contributed by atoms with Gasteiger partial charge in [0.05, 0.1) is 6.10 Å². The smallest absolute Gasteiger partial charge is 0.0695 e. The number of aliphatic hydroxyl groups excluding tert-OH is 1. The summed E-state index contributed by atoms with van der Waals surface area (Å²) in [6, 6.07) is 0. The highest BCUT2D eigenvalue weighted by Crippen LogP contribution is 2.40. The number of aliphatic hydroxyl groups is 1. The first kappa shape index (κ1) is 11.5. The molecule has 1 nitrogen and oxygen atoms in total. The van der Waals surface area contributed by atoms with Crippen molar-refractivity contribution >= 4 is 0 Å². The van der Waals surface area contributed by atoms with Gasteiger partial charge in [-0.2, -0.15) is 0 Å². The van der Waals surface area contributed by atoms with Gasteiger partial charge in [0.2, 0.25) is 0 Å². The van der Waals surface area contributed by atoms with Gasteiger partial charge in [-0.3, -0.25) is 0 Å². The van der Waals surface area contributed by atoms with Crippen LogP contribution < -0.4 is 0 Å². The number of hydrogen-bond acceptors (Lipinski definition) is 1. The molecule has 0 aromatic rings. The van der Waals surface area contributed by atoms with E-state index in [4.69, 9.17) is 0 Å². The molecule has 1 N–H and O–H groups in total. The van der Waals surface area contributed by atoms with Crippen LogP contribution in [-0.2, 0) is 0 Å². The summed E-state index contributed by atoms with van der Waals surface area (Å²) in [4.78, 5) is 0. The topological polar surface area (TPSA) is 20.2 Å². The van der Waals surface area contributed by atoms with Gasteiger partial charge in [0.1, 0.15) is 0 Å². The molecule has 0 saturated carbocycles. The number of hydrogen-bond donors (Lipinski definition) is 1. The van der Waals surface area contributed by atoms with Crippen molar-refractivity contribution in [2.24, 2.45) is 5.41 Å². The van der Waals surface area contributed by atoms with Gasteiger partial charge in [0, 0.05) is 0 Å². The van der Waals surface area contributed by atoms with Crippen LogP contribution in [0.5, 0.6) is 0 Å². The molecule has 1 unspecified atom stereocenters. The summed E-state index contributed by atoms with van der Waals surface area (Å²) in [5, 5.41) is 9.23. The van der Waals surface area contributed by atoms with Crippen LogP contribution in [0, 0.1) is 5.41 Å². The van der Waals surface area contributed by atoms with Crippen molar-refractivity contribution in [3.8, 4) is 0 Å². The van der Waals surface area contributed by atoms with E-state index in [9.17, 15) is 5.11 Å². The lowest BCUT2D eigenvalue weighted by atomic mass is 9.72. The zero-order valence-corrected chi connectivity index (χ0v) is 9.80. The van der Waals surface area contributed by atoms with Crippen LogP contribution in [0.4, 0.5) is 0 Å². The van der Waals surface area contributed by atoms with E-state index in [1.54, 1.807) is 6.92 Å². The Hall–Kier alpha value is -0.560. The maximum atomic E-state index is 9.23. The van der Waals surface area contributed by atoms with Gasteiger partial charge in [-0.15, -0.1) is 0 Å². The van der Waals surface area contributed by atoms with Gasteiger partial charge < -0.3 is 5.11 Å². The molecule has 0 saturated heterocycles. The van der Waals surface area contributed by atoms with E-state index in [0.29, 0.717) is 0 Å². The van der Waals surface area contributed by atoms with E-state index in [1.807, 2.05) is 6.08 Å². The molecular weight excluding hydrogens is 172 g/mol. The second kappa shape index (κ2) is 4.31. The average molecular weight is 194 g/mol. The Bertz CT molecular complexity index is 256. The normalized spacial score (nSPS) is 24.4. The van der Waals surface area contributed by atoms with Gasteiger partial charge >= 0.3 is 0 Å². The lowest BCUT2D eigenvalue weighted by molar-refractivity contribution is 0.243. The van der Waals surface area contributed by atoms with Crippen molar-refractivity contribution in [3.63, 3.8) is 0 Å². The van der Waals surface area contributed by atoms with Gasteiger partial charge in [-0.1, -0.05) is 31.6 Å². The minimum absolute atomic E-state index is 0.285.